The molecule has 0 aliphatic heterocycles. The zero-order valence-corrected chi connectivity index (χ0v) is 20.2. The Labute approximate surface area is 191 Å². The fraction of sp³-hybridized carbons (Fsp3) is 0.520. The van der Waals surface area contributed by atoms with Crippen LogP contribution in [0, 0.1) is 6.92 Å². The summed E-state index contributed by atoms with van der Waals surface area (Å²) < 4.78 is 0. The third-order valence-corrected chi connectivity index (χ3v) is 7.32. The van der Waals surface area contributed by atoms with Gasteiger partial charge in [-0.25, -0.2) is 4.98 Å². The number of aromatic nitrogens is 1. The van der Waals surface area contributed by atoms with Crippen molar-refractivity contribution < 1.29 is 4.79 Å². The molecule has 1 saturated carbocycles. The van der Waals surface area contributed by atoms with E-state index in [0.29, 0.717) is 18.6 Å². The Hall–Kier alpha value is -2.18. The van der Waals surface area contributed by atoms with E-state index in [2.05, 4.69) is 60.7 Å². The van der Waals surface area contributed by atoms with Crippen LogP contribution >= 0.6 is 11.3 Å². The molecular formula is C25H36N4OS. The minimum atomic E-state index is -0.0219. The van der Waals surface area contributed by atoms with Crippen LogP contribution in [0.25, 0.3) is 6.08 Å². The van der Waals surface area contributed by atoms with Crippen LogP contribution in [-0.2, 0) is 6.42 Å². The molecule has 1 aliphatic rings. The molecule has 1 aromatic heterocycles. The Bertz CT molecular complexity index is 870. The van der Waals surface area contributed by atoms with Gasteiger partial charge in [-0.3, -0.25) is 4.79 Å². The highest BCUT2D eigenvalue weighted by Gasteiger charge is 2.28. The third-order valence-electron chi connectivity index (χ3n) is 6.48. The van der Waals surface area contributed by atoms with Crippen LogP contribution in [0.1, 0.15) is 59.1 Å². The summed E-state index contributed by atoms with van der Waals surface area (Å²) in [5.74, 6) is -0.0219. The Morgan fingerprint density at radius 3 is 2.55 bits per heavy atom. The molecule has 1 fully saturated rings. The van der Waals surface area contributed by atoms with E-state index in [1.807, 2.05) is 17.5 Å². The van der Waals surface area contributed by atoms with Crippen molar-refractivity contribution in [3.63, 3.8) is 0 Å². The first-order chi connectivity index (χ1) is 14.9. The summed E-state index contributed by atoms with van der Waals surface area (Å²) in [7, 11) is 4.36. The van der Waals surface area contributed by atoms with Gasteiger partial charge in [0, 0.05) is 54.4 Å². The summed E-state index contributed by atoms with van der Waals surface area (Å²) in [6, 6.07) is 5.34. The monoisotopic (exact) mass is 440 g/mol. The summed E-state index contributed by atoms with van der Waals surface area (Å²) >= 11 is 1.62. The Kier molecular flexibility index (Phi) is 8.27. The average molecular weight is 441 g/mol. The number of carbonyl (C=O) groups excluding carboxylic acids is 1. The lowest BCUT2D eigenvalue weighted by atomic mass is 9.88. The lowest BCUT2D eigenvalue weighted by Crippen LogP contribution is -2.42. The lowest BCUT2D eigenvalue weighted by Gasteiger charge is -2.40. The largest absolute Gasteiger partial charge is 0.369 e. The molecular weight excluding hydrogens is 404 g/mol. The molecule has 5 nitrogen and oxygen atoms in total. The van der Waals surface area contributed by atoms with Crippen LogP contribution in [0.3, 0.4) is 0 Å². The average Bonchev–Trinajstić information content (AvgIpc) is 3.29. The van der Waals surface area contributed by atoms with E-state index in [1.54, 1.807) is 17.5 Å². The second-order valence-electron chi connectivity index (χ2n) is 8.56. The Morgan fingerprint density at radius 1 is 1.26 bits per heavy atom. The van der Waals surface area contributed by atoms with Crippen molar-refractivity contribution in [1.29, 1.82) is 0 Å². The molecule has 31 heavy (non-hydrogen) atoms. The van der Waals surface area contributed by atoms with Crippen LogP contribution in [0.15, 0.2) is 30.3 Å². The fourth-order valence-electron chi connectivity index (χ4n) is 4.64. The Morgan fingerprint density at radius 2 is 1.97 bits per heavy atom. The highest BCUT2D eigenvalue weighted by molar-refractivity contribution is 7.09. The number of carbonyl (C=O) groups is 1. The quantitative estimate of drug-likeness (QED) is 0.610. The summed E-state index contributed by atoms with van der Waals surface area (Å²) in [5, 5.41) is 6.09. The number of rotatable bonds is 9. The van der Waals surface area contributed by atoms with Gasteiger partial charge in [-0.2, -0.15) is 0 Å². The summed E-state index contributed by atoms with van der Waals surface area (Å²) in [5.41, 5.74) is 3.95. The Balaban J connectivity index is 1.78. The number of benzene rings is 1. The van der Waals surface area contributed by atoms with Crippen molar-refractivity contribution in [2.45, 2.75) is 58.0 Å². The van der Waals surface area contributed by atoms with E-state index in [-0.39, 0.29) is 5.91 Å². The number of anilines is 1. The van der Waals surface area contributed by atoms with Gasteiger partial charge in [0.25, 0.3) is 5.91 Å². The molecule has 1 aromatic carbocycles. The van der Waals surface area contributed by atoms with Gasteiger partial charge in [-0.1, -0.05) is 12.7 Å². The molecule has 168 valence electrons. The van der Waals surface area contributed by atoms with Gasteiger partial charge in [0.2, 0.25) is 0 Å². The standard InChI is InChI=1S/C25H36N4OS/c1-6-19-16-22(25(30)27-13-12-24-26-14-15-31-24)18(3)23(17-19)29(7-2)21-10-8-20(9-11-21)28(4)5/h6,14-17,20-21H,1,7-13H2,2-5H3,(H,27,30)/t20-,21-. The van der Waals surface area contributed by atoms with Crippen LogP contribution < -0.4 is 10.2 Å². The fourth-order valence-corrected chi connectivity index (χ4v) is 5.26. The molecule has 1 amide bonds. The first kappa shape index (κ1) is 23.5. The summed E-state index contributed by atoms with van der Waals surface area (Å²) in [6.45, 7) is 9.78. The highest BCUT2D eigenvalue weighted by atomic mass is 32.1. The number of hydrogen-bond donors (Lipinski definition) is 1. The van der Waals surface area contributed by atoms with E-state index in [9.17, 15) is 4.79 Å². The molecule has 0 bridgehead atoms. The van der Waals surface area contributed by atoms with Crippen molar-refractivity contribution in [2.24, 2.45) is 0 Å². The summed E-state index contributed by atoms with van der Waals surface area (Å²) in [6.07, 6.45) is 9.21. The first-order valence-corrected chi connectivity index (χ1v) is 12.2. The maximum absolute atomic E-state index is 13.0. The van der Waals surface area contributed by atoms with Crippen molar-refractivity contribution >= 4 is 29.0 Å². The van der Waals surface area contributed by atoms with Gasteiger partial charge in [0.15, 0.2) is 0 Å². The third kappa shape index (κ3) is 5.74. The SMILES string of the molecule is C=Cc1cc(C(=O)NCCc2nccs2)c(C)c(N(CC)[C@H]2CC[C@H](N(C)C)CC2)c1. The van der Waals surface area contributed by atoms with Crippen LogP contribution in [0.5, 0.6) is 0 Å². The topological polar surface area (TPSA) is 48.5 Å². The molecule has 6 heteroatoms. The van der Waals surface area contributed by atoms with Gasteiger partial charge in [0.1, 0.15) is 0 Å². The predicted octanol–water partition coefficient (Wildman–Crippen LogP) is 4.77. The molecule has 2 aromatic rings. The number of nitrogens with one attached hydrogen (secondary N) is 1. The van der Waals surface area contributed by atoms with Gasteiger partial charge in [-0.05, 0) is 76.9 Å². The molecule has 0 radical (unpaired) electrons. The maximum atomic E-state index is 13.0. The van der Waals surface area contributed by atoms with Crippen LogP contribution in [-0.4, -0.2) is 55.1 Å². The summed E-state index contributed by atoms with van der Waals surface area (Å²) in [4.78, 5) is 22.2. The van der Waals surface area contributed by atoms with E-state index in [4.69, 9.17) is 0 Å². The molecule has 1 heterocycles. The van der Waals surface area contributed by atoms with Gasteiger partial charge >= 0.3 is 0 Å². The van der Waals surface area contributed by atoms with Crippen LogP contribution in [0.2, 0.25) is 0 Å². The van der Waals surface area contributed by atoms with Gasteiger partial charge < -0.3 is 15.1 Å². The highest BCUT2D eigenvalue weighted by Crippen LogP contribution is 2.33. The van der Waals surface area contributed by atoms with E-state index < -0.39 is 0 Å². The maximum Gasteiger partial charge on any atom is 0.251 e. The molecule has 3 rings (SSSR count). The minimum absolute atomic E-state index is 0.0219. The van der Waals surface area contributed by atoms with Crippen molar-refractivity contribution in [2.75, 3.05) is 32.1 Å². The minimum Gasteiger partial charge on any atom is -0.369 e. The van der Waals surface area contributed by atoms with Crippen molar-refractivity contribution in [1.82, 2.24) is 15.2 Å². The molecule has 1 aliphatic carbocycles. The van der Waals surface area contributed by atoms with Crippen molar-refractivity contribution in [3.05, 3.63) is 52.0 Å². The van der Waals surface area contributed by atoms with Gasteiger partial charge in [-0.15, -0.1) is 11.3 Å². The normalized spacial score (nSPS) is 18.7. The van der Waals surface area contributed by atoms with E-state index in [1.165, 1.54) is 31.4 Å². The first-order valence-electron chi connectivity index (χ1n) is 11.3. The zero-order chi connectivity index (χ0) is 22.4. The van der Waals surface area contributed by atoms with Crippen molar-refractivity contribution in [3.8, 4) is 0 Å². The second-order valence-corrected chi connectivity index (χ2v) is 9.54. The second kappa shape index (κ2) is 10.9. The number of hydrogen-bond acceptors (Lipinski definition) is 5. The zero-order valence-electron chi connectivity index (χ0n) is 19.4. The van der Waals surface area contributed by atoms with Crippen LogP contribution in [0.4, 0.5) is 5.69 Å². The molecule has 0 spiro atoms. The lowest BCUT2D eigenvalue weighted by molar-refractivity contribution is 0.0953. The van der Waals surface area contributed by atoms with E-state index >= 15 is 0 Å². The molecule has 1 N–H and O–H groups in total. The molecule has 0 saturated heterocycles. The number of nitrogens with zero attached hydrogens (tertiary/aromatic N) is 3. The molecule has 0 atom stereocenters. The van der Waals surface area contributed by atoms with E-state index in [0.717, 1.165) is 34.7 Å². The molecule has 0 unspecified atom stereocenters. The number of thiazole rings is 1. The van der Waals surface area contributed by atoms with Gasteiger partial charge in [0.05, 0.1) is 5.01 Å². The predicted molar refractivity (Wildman–Crippen MR) is 132 cm³/mol. The smallest absolute Gasteiger partial charge is 0.251 e. The number of amides is 1.